The van der Waals surface area contributed by atoms with Gasteiger partial charge in [0, 0.05) is 42.4 Å². The van der Waals surface area contributed by atoms with Crippen molar-refractivity contribution in [3.8, 4) is 29.1 Å². The van der Waals surface area contributed by atoms with Crippen LogP contribution in [0.3, 0.4) is 0 Å². The van der Waals surface area contributed by atoms with Gasteiger partial charge in [-0.2, -0.15) is 0 Å². The van der Waals surface area contributed by atoms with Crippen LogP contribution in [-0.4, -0.2) is 70.2 Å². The van der Waals surface area contributed by atoms with E-state index in [0.29, 0.717) is 56.0 Å². The number of rotatable bonds is 16. The minimum atomic E-state index is -0.275. The molecule has 8 N–H and O–H groups in total. The number of aliphatic hydroxyl groups is 2. The molecule has 2 aromatic rings. The maximum Gasteiger partial charge on any atom is 0.186 e. The number of benzene rings is 2. The fraction of sp³-hybridized carbons (Fsp3) is 0.615. The lowest BCUT2D eigenvalue weighted by atomic mass is 9.55. The number of allylic oxidation sites excluding steroid dienone is 3. The zero-order valence-electron chi connectivity index (χ0n) is 37.1. The molecular weight excluding hydrogens is 779 g/mol. The Morgan fingerprint density at radius 3 is 2.47 bits per heavy atom. The summed E-state index contributed by atoms with van der Waals surface area (Å²) < 4.78 is 13.8. The lowest BCUT2D eigenvalue weighted by Crippen LogP contribution is -2.42. The van der Waals surface area contributed by atoms with E-state index in [2.05, 4.69) is 30.9 Å². The highest BCUT2D eigenvalue weighted by Gasteiger charge is 2.49. The predicted molar refractivity (Wildman–Crippen MR) is 244 cm³/mol. The van der Waals surface area contributed by atoms with Gasteiger partial charge in [-0.3, -0.25) is 4.79 Å². The Morgan fingerprint density at radius 2 is 1.76 bits per heavy atom. The minimum Gasteiger partial charge on any atom is -0.508 e. The van der Waals surface area contributed by atoms with Gasteiger partial charge in [0.15, 0.2) is 23.2 Å². The van der Waals surface area contributed by atoms with Gasteiger partial charge < -0.3 is 41.4 Å². The van der Waals surface area contributed by atoms with Crippen LogP contribution in [-0.2, 0) is 16.0 Å². The molecule has 0 heterocycles. The smallest absolute Gasteiger partial charge is 0.186 e. The van der Waals surface area contributed by atoms with Crippen molar-refractivity contribution in [2.24, 2.45) is 46.0 Å². The van der Waals surface area contributed by atoms with Crippen LogP contribution in [0.5, 0.6) is 17.2 Å². The summed E-state index contributed by atoms with van der Waals surface area (Å²) in [5, 5.41) is 43.6. The number of carbonyl (C=O) groups excluding carboxylic acids is 1. The number of guanidine groups is 1. The monoisotopic (exact) mass is 850 g/mol. The minimum absolute atomic E-state index is 0.0137. The molecule has 5 aliphatic carbocycles. The number of aryl methyl sites for hydroxylation is 1. The number of nitrogens with two attached hydrogens (primary N) is 2. The van der Waals surface area contributed by atoms with Crippen molar-refractivity contribution >= 4 is 11.7 Å². The maximum absolute atomic E-state index is 13.8. The van der Waals surface area contributed by atoms with E-state index in [1.807, 2.05) is 25.1 Å². The molecule has 0 spiro atoms. The SMILES string of the molecule is CC[C@@H](CCO)/C(=C/C(=O)CCc1cc(OC2CCCC2)c(O)c2c1C#CC[C@H](N=C(N)N)C[C@H]1C=C3[C@H](c4cccc(O)c4)C[C@@H](C)C[C@H]3[C@@H]2[C@H]1COC1CCCCC1)CO. The van der Waals surface area contributed by atoms with Gasteiger partial charge in [0.2, 0.25) is 0 Å². The summed E-state index contributed by atoms with van der Waals surface area (Å²) in [6, 6.07) is 9.32. The molecule has 0 saturated heterocycles. The molecule has 0 aromatic heterocycles. The van der Waals surface area contributed by atoms with Crippen LogP contribution in [0.15, 0.2) is 58.6 Å². The third-order valence-corrected chi connectivity index (χ3v) is 14.7. The number of phenolic OH excluding ortho intramolecular Hbond substituents is 2. The average Bonchev–Trinajstić information content (AvgIpc) is 3.77. The number of ketones is 1. The number of aromatic hydroxyl groups is 2. The molecule has 8 atom stereocenters. The van der Waals surface area contributed by atoms with Gasteiger partial charge in [-0.1, -0.05) is 68.7 Å². The van der Waals surface area contributed by atoms with Crippen LogP contribution in [0.2, 0.25) is 0 Å². The van der Waals surface area contributed by atoms with Crippen molar-refractivity contribution in [2.45, 2.75) is 153 Å². The van der Waals surface area contributed by atoms with Crippen LogP contribution in [0, 0.1) is 41.4 Å². The first-order valence-corrected chi connectivity index (χ1v) is 23.8. The molecule has 2 aromatic carbocycles. The molecule has 3 saturated carbocycles. The number of aliphatic imine (C=N–C) groups is 1. The van der Waals surface area contributed by atoms with Crippen LogP contribution in [0.25, 0.3) is 0 Å². The highest BCUT2D eigenvalue weighted by Crippen LogP contribution is 2.59. The highest BCUT2D eigenvalue weighted by atomic mass is 16.5. The Kier molecular flexibility index (Phi) is 15.8. The van der Waals surface area contributed by atoms with E-state index in [1.54, 1.807) is 12.1 Å². The van der Waals surface area contributed by atoms with Crippen LogP contribution in [0.4, 0.5) is 0 Å². The first-order chi connectivity index (χ1) is 30.1. The standard InChI is InChI=1S/C52H71N3O7/c1-3-33(21-22-56)37(30-57)27-40(59)20-19-35-29-48(62-42-16-7-8-17-42)51(60)50-43(35)18-10-12-38(55-52(53)54)25-36-28-45-44(34-11-9-13-39(58)26-34)23-32(2)24-46(45)49(50)47(36)31-61-41-14-5-4-6-15-41/h9,11,13,26-29,32-33,36,38,41-42,44,46-47,49,56-58,60H,3-8,12,14-17,19-25,30-31H2,1-2H3,(H4,53,54,55)/b37-27+/t32-,33+,36+,38+,44+,46-,47+,49-/m1/s1. The van der Waals surface area contributed by atoms with E-state index in [1.165, 1.54) is 12.0 Å². The van der Waals surface area contributed by atoms with Gasteiger partial charge in [0.1, 0.15) is 5.75 Å². The van der Waals surface area contributed by atoms with Crippen LogP contribution < -0.4 is 16.2 Å². The number of carbonyl (C=O) groups is 1. The third kappa shape index (κ3) is 10.9. The maximum atomic E-state index is 13.8. The molecule has 3 fully saturated rings. The Hall–Kier alpha value is -4.30. The summed E-state index contributed by atoms with van der Waals surface area (Å²) in [4.78, 5) is 18.6. The molecule has 336 valence electrons. The van der Waals surface area contributed by atoms with E-state index in [0.717, 1.165) is 86.5 Å². The number of aliphatic hydroxyl groups excluding tert-OH is 2. The first kappa shape index (κ1) is 45.7. The second kappa shape index (κ2) is 21.4. The van der Waals surface area contributed by atoms with Crippen molar-refractivity contribution in [3.05, 3.63) is 75.9 Å². The molecule has 0 unspecified atom stereocenters. The second-order valence-corrected chi connectivity index (χ2v) is 19.1. The highest BCUT2D eigenvalue weighted by molar-refractivity contribution is 5.90. The molecule has 7 rings (SSSR count). The third-order valence-electron chi connectivity index (χ3n) is 14.7. The predicted octanol–water partition coefficient (Wildman–Crippen LogP) is 8.47. The normalized spacial score (nSPS) is 27.2. The number of phenols is 2. The summed E-state index contributed by atoms with van der Waals surface area (Å²) >= 11 is 0. The van der Waals surface area contributed by atoms with Crippen LogP contribution in [0.1, 0.15) is 151 Å². The Balaban J connectivity index is 1.42. The summed E-state index contributed by atoms with van der Waals surface area (Å²) in [6.45, 7) is 4.56. The van der Waals surface area contributed by atoms with Crippen molar-refractivity contribution in [2.75, 3.05) is 19.8 Å². The average molecular weight is 850 g/mol. The van der Waals surface area contributed by atoms with Crippen molar-refractivity contribution < 1.29 is 34.7 Å². The number of hydrogen-bond donors (Lipinski definition) is 6. The van der Waals surface area contributed by atoms with Crippen molar-refractivity contribution in [1.29, 1.82) is 0 Å². The summed E-state index contributed by atoms with van der Waals surface area (Å²) in [5.41, 5.74) is 17.6. The molecule has 0 amide bonds. The Morgan fingerprint density at radius 1 is 1.00 bits per heavy atom. The molecule has 62 heavy (non-hydrogen) atoms. The number of hydrogen-bond acceptors (Lipinski definition) is 8. The van der Waals surface area contributed by atoms with Crippen LogP contribution >= 0.6 is 0 Å². The quantitative estimate of drug-likeness (QED) is 0.0318. The van der Waals surface area contributed by atoms with E-state index in [-0.39, 0.29) is 96.6 Å². The zero-order chi connectivity index (χ0) is 43.8. The lowest BCUT2D eigenvalue weighted by Gasteiger charge is -2.50. The molecule has 2 bridgehead atoms. The largest absolute Gasteiger partial charge is 0.508 e. The molecule has 10 nitrogen and oxygen atoms in total. The Bertz CT molecular complexity index is 2010. The molecule has 0 radical (unpaired) electrons. The number of fused-ring (bicyclic) bond motifs is 6. The van der Waals surface area contributed by atoms with Gasteiger partial charge in [-0.05, 0) is 148 Å². The topological polar surface area (TPSA) is 181 Å². The fourth-order valence-electron chi connectivity index (χ4n) is 11.7. The Labute approximate surface area is 369 Å². The van der Waals surface area contributed by atoms with Gasteiger partial charge in [-0.25, -0.2) is 4.99 Å². The summed E-state index contributed by atoms with van der Waals surface area (Å²) in [5.74, 6) is 7.84. The summed E-state index contributed by atoms with van der Waals surface area (Å²) in [7, 11) is 0. The van der Waals surface area contributed by atoms with Crippen molar-refractivity contribution in [3.63, 3.8) is 0 Å². The number of ether oxygens (including phenoxy) is 2. The molecular formula is C52H71N3O7. The van der Waals surface area contributed by atoms with Gasteiger partial charge >= 0.3 is 0 Å². The van der Waals surface area contributed by atoms with Crippen molar-refractivity contribution in [1.82, 2.24) is 0 Å². The van der Waals surface area contributed by atoms with E-state index >= 15 is 0 Å². The van der Waals surface area contributed by atoms with E-state index in [4.69, 9.17) is 25.9 Å². The van der Waals surface area contributed by atoms with Gasteiger partial charge in [0.05, 0.1) is 31.5 Å². The fourth-order valence-corrected chi connectivity index (χ4v) is 11.7. The second-order valence-electron chi connectivity index (χ2n) is 19.1. The molecule has 5 aliphatic rings. The van der Waals surface area contributed by atoms with E-state index < -0.39 is 0 Å². The zero-order valence-corrected chi connectivity index (χ0v) is 37.1. The summed E-state index contributed by atoms with van der Waals surface area (Å²) in [6.07, 6.45) is 18.4. The van der Waals surface area contributed by atoms with Gasteiger partial charge in [-0.15, -0.1) is 0 Å². The number of nitrogens with zero attached hydrogens (tertiary/aromatic N) is 1. The molecule has 10 heteroatoms. The van der Waals surface area contributed by atoms with Gasteiger partial charge in [0.25, 0.3) is 0 Å². The molecule has 0 aliphatic heterocycles. The van der Waals surface area contributed by atoms with E-state index in [9.17, 15) is 25.2 Å². The lowest BCUT2D eigenvalue weighted by molar-refractivity contribution is -0.114. The first-order valence-electron chi connectivity index (χ1n) is 23.8.